The molecule has 0 aromatic rings. The van der Waals surface area contributed by atoms with Gasteiger partial charge in [0.15, 0.2) is 5.78 Å². The zero-order chi connectivity index (χ0) is 16.3. The lowest BCUT2D eigenvalue weighted by atomic mass is 9.80. The number of nitrogens with zero attached hydrogens (tertiary/aromatic N) is 1. The zero-order valence-corrected chi connectivity index (χ0v) is 13.2. The number of carbonyl (C=O) groups excluding carboxylic acids is 1. The Balaban J connectivity index is 2.42. The Morgan fingerprint density at radius 1 is 1.18 bits per heavy atom. The van der Waals surface area contributed by atoms with Gasteiger partial charge < -0.3 is 15.9 Å². The molecule has 2 atom stereocenters. The molecule has 1 heterocycles. The highest BCUT2D eigenvalue weighted by Crippen LogP contribution is 2.50. The summed E-state index contributed by atoms with van der Waals surface area (Å²) in [6.45, 7) is -0.655. The van der Waals surface area contributed by atoms with Crippen molar-refractivity contribution in [2.75, 3.05) is 18.8 Å². The Bertz CT molecular complexity index is 466. The number of hydrogen-bond acceptors (Lipinski definition) is 6. The van der Waals surface area contributed by atoms with Crippen LogP contribution in [0, 0.1) is 5.92 Å². The number of carbonyl (C=O) groups is 3. The van der Waals surface area contributed by atoms with E-state index in [9.17, 15) is 24.6 Å². The second-order valence-corrected chi connectivity index (χ2v) is 7.09. The molecule has 1 aliphatic heterocycles. The second kappa shape index (κ2) is 6.97. The maximum absolute atomic E-state index is 12.6. The molecule has 2 rings (SSSR count). The van der Waals surface area contributed by atoms with E-state index < -0.39 is 29.4 Å². The molecule has 22 heavy (non-hydrogen) atoms. The SMILES string of the molecule is NCC(=O)C1(C2CCCCC2)SCC(C(=O)O)N1CC(=O)O. The Morgan fingerprint density at radius 3 is 2.32 bits per heavy atom. The number of carboxylic acid groups (broad SMARTS) is 2. The molecule has 0 spiro atoms. The third-order valence-electron chi connectivity index (χ3n) is 4.60. The van der Waals surface area contributed by atoms with Crippen molar-refractivity contribution < 1.29 is 24.6 Å². The number of nitrogens with two attached hydrogens (primary N) is 1. The summed E-state index contributed by atoms with van der Waals surface area (Å²) in [7, 11) is 0. The zero-order valence-electron chi connectivity index (χ0n) is 12.4. The standard InChI is InChI=1S/C14H22N2O5S/c15-6-11(17)14(9-4-2-1-3-5-9)16(7-12(18)19)10(8-22-14)13(20)21/h9-10H,1-8,15H2,(H,18,19)(H,20,21). The first-order valence-corrected chi connectivity index (χ1v) is 8.50. The summed E-state index contributed by atoms with van der Waals surface area (Å²) in [6, 6.07) is -0.960. The molecular weight excluding hydrogens is 308 g/mol. The van der Waals surface area contributed by atoms with Gasteiger partial charge in [0.25, 0.3) is 0 Å². The van der Waals surface area contributed by atoms with Crippen LogP contribution < -0.4 is 5.73 Å². The van der Waals surface area contributed by atoms with Crippen LogP contribution in [0.2, 0.25) is 0 Å². The number of hydrogen-bond donors (Lipinski definition) is 3. The van der Waals surface area contributed by atoms with Crippen molar-refractivity contribution in [1.82, 2.24) is 4.90 Å². The molecule has 1 saturated heterocycles. The van der Waals surface area contributed by atoms with Crippen LogP contribution in [0.1, 0.15) is 32.1 Å². The van der Waals surface area contributed by atoms with Gasteiger partial charge in [0.2, 0.25) is 0 Å². The van der Waals surface area contributed by atoms with Gasteiger partial charge in [-0.15, -0.1) is 11.8 Å². The monoisotopic (exact) mass is 330 g/mol. The van der Waals surface area contributed by atoms with E-state index in [-0.39, 0.29) is 24.0 Å². The van der Waals surface area contributed by atoms with Crippen molar-refractivity contribution in [3.8, 4) is 0 Å². The second-order valence-electron chi connectivity index (χ2n) is 5.85. The van der Waals surface area contributed by atoms with E-state index >= 15 is 0 Å². The minimum Gasteiger partial charge on any atom is -0.480 e. The van der Waals surface area contributed by atoms with Crippen LogP contribution in [0.5, 0.6) is 0 Å². The van der Waals surface area contributed by atoms with E-state index in [4.69, 9.17) is 5.73 Å². The minimum absolute atomic E-state index is 0.0361. The third kappa shape index (κ3) is 3.00. The van der Waals surface area contributed by atoms with Crippen molar-refractivity contribution in [2.24, 2.45) is 11.7 Å². The van der Waals surface area contributed by atoms with Gasteiger partial charge in [0, 0.05) is 5.75 Å². The summed E-state index contributed by atoms with van der Waals surface area (Å²) in [4.78, 5) is 35.6. The van der Waals surface area contributed by atoms with Gasteiger partial charge in [-0.1, -0.05) is 19.3 Å². The summed E-state index contributed by atoms with van der Waals surface area (Å²) < 4.78 is 0. The smallest absolute Gasteiger partial charge is 0.321 e. The van der Waals surface area contributed by atoms with Gasteiger partial charge in [-0.3, -0.25) is 19.3 Å². The van der Waals surface area contributed by atoms with Gasteiger partial charge in [-0.25, -0.2) is 0 Å². The minimum atomic E-state index is -1.13. The van der Waals surface area contributed by atoms with Crippen LogP contribution in [0.25, 0.3) is 0 Å². The summed E-state index contributed by atoms with van der Waals surface area (Å²) in [5.74, 6) is -2.29. The molecule has 0 bridgehead atoms. The molecule has 2 fully saturated rings. The Hall–Kier alpha value is -1.12. The molecule has 124 valence electrons. The molecule has 0 amide bonds. The lowest BCUT2D eigenvalue weighted by molar-refractivity contribution is -0.149. The van der Waals surface area contributed by atoms with E-state index in [1.54, 1.807) is 0 Å². The molecule has 2 aliphatic rings. The highest BCUT2D eigenvalue weighted by Gasteiger charge is 2.58. The van der Waals surface area contributed by atoms with Crippen LogP contribution in [-0.2, 0) is 14.4 Å². The Labute approximate surface area is 133 Å². The van der Waals surface area contributed by atoms with E-state index in [2.05, 4.69) is 0 Å². The van der Waals surface area contributed by atoms with Gasteiger partial charge in [-0.05, 0) is 18.8 Å². The van der Waals surface area contributed by atoms with Crippen LogP contribution in [0.3, 0.4) is 0 Å². The molecule has 4 N–H and O–H groups in total. The number of aliphatic carboxylic acids is 2. The predicted molar refractivity (Wildman–Crippen MR) is 81.6 cm³/mol. The molecule has 8 heteroatoms. The van der Waals surface area contributed by atoms with Crippen molar-refractivity contribution >= 4 is 29.5 Å². The fraction of sp³-hybridized carbons (Fsp3) is 0.786. The van der Waals surface area contributed by atoms with E-state index in [0.717, 1.165) is 32.1 Å². The van der Waals surface area contributed by atoms with E-state index in [1.165, 1.54) is 16.7 Å². The summed E-state index contributed by atoms with van der Waals surface area (Å²) in [5.41, 5.74) is 5.57. The van der Waals surface area contributed by atoms with Crippen molar-refractivity contribution in [2.45, 2.75) is 43.0 Å². The average molecular weight is 330 g/mol. The molecule has 0 aromatic carbocycles. The number of Topliss-reactive ketones (excluding diaryl/α,β-unsaturated/α-hetero) is 1. The number of thioether (sulfide) groups is 1. The van der Waals surface area contributed by atoms with Gasteiger partial charge >= 0.3 is 11.9 Å². The van der Waals surface area contributed by atoms with Crippen LogP contribution >= 0.6 is 11.8 Å². The maximum atomic E-state index is 12.6. The van der Waals surface area contributed by atoms with Gasteiger partial charge in [-0.2, -0.15) is 0 Å². The van der Waals surface area contributed by atoms with Gasteiger partial charge in [0.05, 0.1) is 13.1 Å². The van der Waals surface area contributed by atoms with Crippen LogP contribution in [0.15, 0.2) is 0 Å². The first-order chi connectivity index (χ1) is 10.4. The Morgan fingerprint density at radius 2 is 1.82 bits per heavy atom. The Kier molecular flexibility index (Phi) is 5.46. The highest BCUT2D eigenvalue weighted by atomic mass is 32.2. The average Bonchev–Trinajstić information content (AvgIpc) is 2.87. The van der Waals surface area contributed by atoms with Crippen LogP contribution in [-0.4, -0.2) is 62.6 Å². The topological polar surface area (TPSA) is 121 Å². The molecule has 1 aliphatic carbocycles. The number of carboxylic acids is 2. The summed E-state index contributed by atoms with van der Waals surface area (Å²) in [6.07, 6.45) is 4.66. The normalized spacial score (nSPS) is 30.3. The summed E-state index contributed by atoms with van der Waals surface area (Å²) >= 11 is 1.27. The van der Waals surface area contributed by atoms with Crippen molar-refractivity contribution in [3.05, 3.63) is 0 Å². The van der Waals surface area contributed by atoms with E-state index in [1.807, 2.05) is 0 Å². The summed E-state index contributed by atoms with van der Waals surface area (Å²) in [5, 5.41) is 18.6. The number of ketones is 1. The van der Waals surface area contributed by atoms with Crippen molar-refractivity contribution in [3.63, 3.8) is 0 Å². The lowest BCUT2D eigenvalue weighted by Crippen LogP contribution is -2.60. The lowest BCUT2D eigenvalue weighted by Gasteiger charge is -2.44. The van der Waals surface area contributed by atoms with Gasteiger partial charge in [0.1, 0.15) is 10.9 Å². The fourth-order valence-corrected chi connectivity index (χ4v) is 5.46. The quantitative estimate of drug-likeness (QED) is 0.639. The fourth-order valence-electron chi connectivity index (χ4n) is 3.65. The number of rotatable bonds is 6. The van der Waals surface area contributed by atoms with Crippen LogP contribution in [0.4, 0.5) is 0 Å². The highest BCUT2D eigenvalue weighted by molar-refractivity contribution is 8.01. The first kappa shape index (κ1) is 17.2. The largest absolute Gasteiger partial charge is 0.480 e. The maximum Gasteiger partial charge on any atom is 0.321 e. The molecule has 1 saturated carbocycles. The molecular formula is C14H22N2O5S. The molecule has 0 aromatic heterocycles. The predicted octanol–water partition coefficient (Wildman–Crippen LogP) is 0.377. The molecule has 2 unspecified atom stereocenters. The molecule has 0 radical (unpaired) electrons. The molecule has 7 nitrogen and oxygen atoms in total. The first-order valence-electron chi connectivity index (χ1n) is 7.52. The third-order valence-corrected chi connectivity index (χ3v) is 6.32. The van der Waals surface area contributed by atoms with E-state index in [0.29, 0.717) is 0 Å². The van der Waals surface area contributed by atoms with Crippen molar-refractivity contribution in [1.29, 1.82) is 0 Å².